The van der Waals surface area contributed by atoms with Crippen molar-refractivity contribution in [3.63, 3.8) is 0 Å². The summed E-state index contributed by atoms with van der Waals surface area (Å²) in [5.41, 5.74) is 1.94. The van der Waals surface area contributed by atoms with E-state index in [4.69, 9.17) is 10.00 Å². The number of halogens is 1. The van der Waals surface area contributed by atoms with Gasteiger partial charge in [0, 0.05) is 30.3 Å². The second kappa shape index (κ2) is 8.47. The number of benzene rings is 2. The summed E-state index contributed by atoms with van der Waals surface area (Å²) in [6.45, 7) is 0.408. The fourth-order valence-electron chi connectivity index (χ4n) is 2.50. The summed E-state index contributed by atoms with van der Waals surface area (Å²) in [7, 11) is 1.72. The number of carbonyl (C=O) groups is 1. The lowest BCUT2D eigenvalue weighted by Gasteiger charge is -2.17. The lowest BCUT2D eigenvalue weighted by Crippen LogP contribution is -2.26. The van der Waals surface area contributed by atoms with Crippen LogP contribution in [0.2, 0.25) is 0 Å². The molecule has 1 amide bonds. The number of nitriles is 1. The van der Waals surface area contributed by atoms with Gasteiger partial charge < -0.3 is 9.64 Å². The maximum Gasteiger partial charge on any atom is 0.255 e. The molecule has 1 aromatic heterocycles. The minimum absolute atomic E-state index is 0.153. The van der Waals surface area contributed by atoms with E-state index in [9.17, 15) is 4.79 Å². The van der Waals surface area contributed by atoms with Gasteiger partial charge in [0.15, 0.2) is 0 Å². The second-order valence-corrected chi connectivity index (χ2v) is 6.83. The molecule has 1 heterocycles. The molecule has 0 atom stereocenters. The van der Waals surface area contributed by atoms with Crippen LogP contribution in [-0.2, 0) is 6.54 Å². The molecule has 134 valence electrons. The van der Waals surface area contributed by atoms with Crippen molar-refractivity contribution in [3.8, 4) is 17.7 Å². The van der Waals surface area contributed by atoms with Gasteiger partial charge in [0.05, 0.1) is 17.2 Å². The van der Waals surface area contributed by atoms with E-state index in [0.29, 0.717) is 29.3 Å². The van der Waals surface area contributed by atoms with Crippen LogP contribution in [0.3, 0.4) is 0 Å². The Kier molecular flexibility index (Phi) is 5.84. The number of hydrogen-bond donors (Lipinski definition) is 0. The molecule has 3 rings (SSSR count). The fourth-order valence-corrected chi connectivity index (χ4v) is 2.76. The average molecular weight is 422 g/mol. The van der Waals surface area contributed by atoms with Crippen molar-refractivity contribution >= 4 is 21.8 Å². The van der Waals surface area contributed by atoms with Crippen LogP contribution in [0, 0.1) is 11.3 Å². The minimum Gasteiger partial charge on any atom is -0.439 e. The summed E-state index contributed by atoms with van der Waals surface area (Å²) >= 11 is 3.37. The summed E-state index contributed by atoms with van der Waals surface area (Å²) in [4.78, 5) is 18.4. The van der Waals surface area contributed by atoms with E-state index in [1.165, 1.54) is 6.20 Å². The number of rotatable bonds is 5. The topological polar surface area (TPSA) is 66.2 Å². The monoisotopic (exact) mass is 421 g/mol. The quantitative estimate of drug-likeness (QED) is 0.594. The summed E-state index contributed by atoms with van der Waals surface area (Å²) in [6, 6.07) is 20.1. The molecule has 0 radical (unpaired) electrons. The van der Waals surface area contributed by atoms with Gasteiger partial charge >= 0.3 is 0 Å². The molecule has 5 nitrogen and oxygen atoms in total. The van der Waals surface area contributed by atoms with Gasteiger partial charge in [-0.25, -0.2) is 4.98 Å². The third-order valence-corrected chi connectivity index (χ3v) is 4.37. The molecule has 0 aliphatic rings. The van der Waals surface area contributed by atoms with E-state index in [2.05, 4.69) is 27.0 Å². The van der Waals surface area contributed by atoms with E-state index in [-0.39, 0.29) is 5.91 Å². The highest BCUT2D eigenvalue weighted by molar-refractivity contribution is 9.10. The van der Waals surface area contributed by atoms with Crippen molar-refractivity contribution in [1.29, 1.82) is 5.26 Å². The van der Waals surface area contributed by atoms with Crippen molar-refractivity contribution < 1.29 is 9.53 Å². The molecule has 27 heavy (non-hydrogen) atoms. The number of pyridine rings is 1. The SMILES string of the molecule is CN(Cc1cccc(C#N)c1)C(=O)c1ccc(Oc2ccc(Br)cc2)nc1. The molecule has 6 heteroatoms. The van der Waals surface area contributed by atoms with Crippen LogP contribution in [0.15, 0.2) is 71.3 Å². The lowest BCUT2D eigenvalue weighted by molar-refractivity contribution is 0.0784. The van der Waals surface area contributed by atoms with E-state index >= 15 is 0 Å². The van der Waals surface area contributed by atoms with Gasteiger partial charge in [0.1, 0.15) is 5.75 Å². The van der Waals surface area contributed by atoms with E-state index in [0.717, 1.165) is 10.0 Å². The molecule has 0 unspecified atom stereocenters. The van der Waals surface area contributed by atoms with Crippen molar-refractivity contribution in [1.82, 2.24) is 9.88 Å². The third kappa shape index (κ3) is 4.93. The highest BCUT2D eigenvalue weighted by Crippen LogP contribution is 2.22. The first-order chi connectivity index (χ1) is 13.0. The maximum atomic E-state index is 12.6. The summed E-state index contributed by atoms with van der Waals surface area (Å²) in [5, 5.41) is 8.98. The van der Waals surface area contributed by atoms with E-state index in [1.807, 2.05) is 36.4 Å². The van der Waals surface area contributed by atoms with Crippen LogP contribution in [0.25, 0.3) is 0 Å². The molecule has 0 fully saturated rings. The molecule has 2 aromatic carbocycles. The number of amides is 1. The molecule has 0 bridgehead atoms. The second-order valence-electron chi connectivity index (χ2n) is 5.91. The van der Waals surface area contributed by atoms with Crippen LogP contribution in [0.5, 0.6) is 11.6 Å². The van der Waals surface area contributed by atoms with Crippen LogP contribution < -0.4 is 4.74 Å². The molecule has 3 aromatic rings. The molecule has 0 aliphatic carbocycles. The molecule has 0 saturated heterocycles. The fraction of sp³-hybridized carbons (Fsp3) is 0.0952. The zero-order valence-electron chi connectivity index (χ0n) is 14.6. The summed E-state index contributed by atoms with van der Waals surface area (Å²) < 4.78 is 6.63. The summed E-state index contributed by atoms with van der Waals surface area (Å²) in [6.07, 6.45) is 1.50. The molecule has 0 spiro atoms. The van der Waals surface area contributed by atoms with Gasteiger partial charge in [-0.1, -0.05) is 28.1 Å². The first-order valence-corrected chi connectivity index (χ1v) is 8.98. The Labute approximate surface area is 166 Å². The highest BCUT2D eigenvalue weighted by atomic mass is 79.9. The van der Waals surface area contributed by atoms with E-state index in [1.54, 1.807) is 36.2 Å². The molecular formula is C21H16BrN3O2. The normalized spacial score (nSPS) is 10.1. The van der Waals surface area contributed by atoms with E-state index < -0.39 is 0 Å². The number of aromatic nitrogens is 1. The van der Waals surface area contributed by atoms with Crippen molar-refractivity contribution in [3.05, 3.63) is 88.0 Å². The van der Waals surface area contributed by atoms with Gasteiger partial charge in [0.25, 0.3) is 5.91 Å². The molecule has 0 N–H and O–H groups in total. The molecular weight excluding hydrogens is 406 g/mol. The Balaban J connectivity index is 1.65. The number of ether oxygens (including phenoxy) is 1. The van der Waals surface area contributed by atoms with Gasteiger partial charge in [-0.05, 0) is 48.0 Å². The van der Waals surface area contributed by atoms with Gasteiger partial charge in [-0.15, -0.1) is 0 Å². The van der Waals surface area contributed by atoms with Gasteiger partial charge in [-0.3, -0.25) is 4.79 Å². The zero-order valence-corrected chi connectivity index (χ0v) is 16.2. The number of nitrogens with zero attached hydrogens (tertiary/aromatic N) is 3. The average Bonchev–Trinajstić information content (AvgIpc) is 2.70. The van der Waals surface area contributed by atoms with Crippen LogP contribution in [-0.4, -0.2) is 22.8 Å². The standard InChI is InChI=1S/C21H16BrN3O2/c1-25(14-16-4-2-3-15(11-16)12-23)21(26)17-5-10-20(24-13-17)27-19-8-6-18(22)7-9-19/h2-11,13H,14H2,1H3. The minimum atomic E-state index is -0.153. The van der Waals surface area contributed by atoms with Crippen molar-refractivity contribution in [2.75, 3.05) is 7.05 Å². The van der Waals surface area contributed by atoms with Gasteiger partial charge in [-0.2, -0.15) is 5.26 Å². The Morgan fingerprint density at radius 3 is 2.63 bits per heavy atom. The van der Waals surface area contributed by atoms with Crippen LogP contribution in [0.4, 0.5) is 0 Å². The zero-order chi connectivity index (χ0) is 19.2. The first kappa shape index (κ1) is 18.6. The molecule has 0 aliphatic heterocycles. The van der Waals surface area contributed by atoms with Crippen LogP contribution >= 0.6 is 15.9 Å². The largest absolute Gasteiger partial charge is 0.439 e. The van der Waals surface area contributed by atoms with Crippen molar-refractivity contribution in [2.24, 2.45) is 0 Å². The maximum absolute atomic E-state index is 12.6. The Hall–Kier alpha value is -3.17. The Morgan fingerprint density at radius 2 is 1.96 bits per heavy atom. The lowest BCUT2D eigenvalue weighted by atomic mass is 10.1. The first-order valence-electron chi connectivity index (χ1n) is 8.19. The highest BCUT2D eigenvalue weighted by Gasteiger charge is 2.13. The Morgan fingerprint density at radius 1 is 1.19 bits per heavy atom. The smallest absolute Gasteiger partial charge is 0.255 e. The molecule has 0 saturated carbocycles. The van der Waals surface area contributed by atoms with Crippen molar-refractivity contribution in [2.45, 2.75) is 6.54 Å². The number of hydrogen-bond acceptors (Lipinski definition) is 4. The van der Waals surface area contributed by atoms with Crippen LogP contribution in [0.1, 0.15) is 21.5 Å². The third-order valence-electron chi connectivity index (χ3n) is 3.84. The summed E-state index contributed by atoms with van der Waals surface area (Å²) in [5.74, 6) is 0.928. The Bertz CT molecular complexity index is 980. The predicted octanol–water partition coefficient (Wildman–Crippen LogP) is 4.78. The predicted molar refractivity (Wildman–Crippen MR) is 105 cm³/mol. The van der Waals surface area contributed by atoms with Gasteiger partial charge in [0.2, 0.25) is 5.88 Å². The number of carbonyl (C=O) groups excluding carboxylic acids is 1.